The lowest BCUT2D eigenvalue weighted by Crippen LogP contribution is -2.29. The Balaban J connectivity index is 1.46. The van der Waals surface area contributed by atoms with Crippen LogP contribution in [0.4, 0.5) is 0 Å². The number of ketones is 1. The van der Waals surface area contributed by atoms with Crippen molar-refractivity contribution in [2.24, 2.45) is 17.6 Å². The Morgan fingerprint density at radius 2 is 1.77 bits per heavy atom. The van der Waals surface area contributed by atoms with Gasteiger partial charge in [0.05, 0.1) is 0 Å². The Morgan fingerprint density at radius 3 is 2.57 bits per heavy atom. The second kappa shape index (κ2) is 11.1. The summed E-state index contributed by atoms with van der Waals surface area (Å²) in [4.78, 5) is 13.5. The van der Waals surface area contributed by atoms with Gasteiger partial charge in [-0.15, -0.1) is 0 Å². The van der Waals surface area contributed by atoms with Gasteiger partial charge in [-0.25, -0.2) is 0 Å². The molecule has 5 rings (SSSR count). The van der Waals surface area contributed by atoms with E-state index in [4.69, 9.17) is 5.73 Å². The molecule has 0 radical (unpaired) electrons. The van der Waals surface area contributed by atoms with Crippen LogP contribution in [0, 0.1) is 18.8 Å². The van der Waals surface area contributed by atoms with Crippen molar-refractivity contribution >= 4 is 16.7 Å². The highest BCUT2D eigenvalue weighted by Crippen LogP contribution is 2.37. The monoisotopic (exact) mass is 470 g/mol. The van der Waals surface area contributed by atoms with Crippen molar-refractivity contribution in [2.75, 3.05) is 0 Å². The number of carbonyl (C=O) groups is 1. The zero-order chi connectivity index (χ0) is 24.2. The Kier molecular flexibility index (Phi) is 7.72. The van der Waals surface area contributed by atoms with E-state index in [0.717, 1.165) is 38.1 Å². The summed E-state index contributed by atoms with van der Waals surface area (Å²) < 4.78 is 2.49. The van der Waals surface area contributed by atoms with Crippen molar-refractivity contribution < 1.29 is 4.79 Å². The lowest BCUT2D eigenvalue weighted by atomic mass is 9.80. The molecule has 0 spiro atoms. The molecule has 35 heavy (non-hydrogen) atoms. The Labute approximate surface area is 211 Å². The molecule has 1 heterocycles. The number of carbonyl (C=O) groups excluding carboxylic acids is 1. The van der Waals surface area contributed by atoms with Crippen LogP contribution in [-0.2, 0) is 11.3 Å². The van der Waals surface area contributed by atoms with Gasteiger partial charge in [-0.1, -0.05) is 73.7 Å². The van der Waals surface area contributed by atoms with Gasteiger partial charge in [0, 0.05) is 48.4 Å². The number of hydrogen-bond acceptors (Lipinski definition) is 2. The van der Waals surface area contributed by atoms with Crippen molar-refractivity contribution in [1.29, 1.82) is 0 Å². The van der Waals surface area contributed by atoms with Crippen LogP contribution in [0.15, 0.2) is 54.7 Å². The topological polar surface area (TPSA) is 48.0 Å². The molecular weight excluding hydrogens is 428 g/mol. The van der Waals surface area contributed by atoms with Crippen LogP contribution in [0.1, 0.15) is 93.2 Å². The van der Waals surface area contributed by atoms with Gasteiger partial charge in [-0.2, -0.15) is 0 Å². The molecule has 3 atom stereocenters. The molecule has 0 aliphatic heterocycles. The van der Waals surface area contributed by atoms with E-state index >= 15 is 0 Å². The third-order valence-electron chi connectivity index (χ3n) is 8.59. The summed E-state index contributed by atoms with van der Waals surface area (Å²) in [7, 11) is 0. The normalized spacial score (nSPS) is 22.3. The first-order chi connectivity index (χ1) is 17.1. The first kappa shape index (κ1) is 24.3. The van der Waals surface area contributed by atoms with Crippen LogP contribution < -0.4 is 5.73 Å². The fourth-order valence-corrected chi connectivity index (χ4v) is 6.80. The van der Waals surface area contributed by atoms with Gasteiger partial charge in [0.15, 0.2) is 0 Å². The number of rotatable bonds is 8. The molecule has 0 saturated heterocycles. The summed E-state index contributed by atoms with van der Waals surface area (Å²) in [5, 5.41) is 1.31. The maximum atomic E-state index is 13.5. The molecule has 3 aromatic rings. The van der Waals surface area contributed by atoms with Crippen molar-refractivity contribution in [3.8, 4) is 0 Å². The number of hydrogen-bond donors (Lipinski definition) is 1. The smallest absolute Gasteiger partial charge is 0.134 e. The van der Waals surface area contributed by atoms with Gasteiger partial charge in [-0.3, -0.25) is 4.79 Å². The van der Waals surface area contributed by atoms with Gasteiger partial charge in [0.1, 0.15) is 5.78 Å². The molecule has 3 unspecified atom stereocenters. The molecule has 2 saturated carbocycles. The Bertz CT molecular complexity index is 1140. The molecule has 2 aliphatic rings. The number of aromatic nitrogens is 1. The quantitative estimate of drug-likeness (QED) is 0.370. The highest BCUT2D eigenvalue weighted by molar-refractivity contribution is 5.87. The van der Waals surface area contributed by atoms with E-state index in [0.29, 0.717) is 24.5 Å². The van der Waals surface area contributed by atoms with Gasteiger partial charge >= 0.3 is 0 Å². The summed E-state index contributed by atoms with van der Waals surface area (Å²) in [6, 6.07) is 17.9. The van der Waals surface area contributed by atoms with Gasteiger partial charge in [-0.05, 0) is 68.1 Å². The molecule has 2 aliphatic carbocycles. The molecule has 0 bridgehead atoms. The third kappa shape index (κ3) is 5.89. The second-order valence-corrected chi connectivity index (χ2v) is 11.5. The third-order valence-corrected chi connectivity index (χ3v) is 8.59. The Hall–Kier alpha value is -2.39. The maximum Gasteiger partial charge on any atom is 0.134 e. The summed E-state index contributed by atoms with van der Waals surface area (Å²) in [5.41, 5.74) is 11.4. The number of para-hydroxylation sites is 1. The van der Waals surface area contributed by atoms with E-state index in [1.54, 1.807) is 0 Å². The van der Waals surface area contributed by atoms with Crippen LogP contribution in [0.2, 0.25) is 0 Å². The number of Topliss-reactive ketones (excluding diaryl/α,β-unsaturated/α-hetero) is 1. The van der Waals surface area contributed by atoms with Crippen LogP contribution in [0.5, 0.6) is 0 Å². The van der Waals surface area contributed by atoms with Crippen molar-refractivity contribution in [3.05, 3.63) is 71.4 Å². The van der Waals surface area contributed by atoms with Crippen molar-refractivity contribution in [2.45, 2.75) is 96.1 Å². The highest BCUT2D eigenvalue weighted by atomic mass is 16.1. The standard InChI is InChI=1S/C32H42N2O/c1-23-9-7-13-26(17-23)30(20-28(35)19-25-12-8-14-27(33)18-25)31-22-34(21-24-10-3-2-4-11-24)32-16-6-5-15-29(31)32/h5-7,9,13,15-17,22,24-25,27,30H,2-4,8,10-12,14,18-21,33H2,1H3. The summed E-state index contributed by atoms with van der Waals surface area (Å²) in [5.74, 6) is 1.70. The molecule has 2 aromatic carbocycles. The minimum Gasteiger partial charge on any atom is -0.347 e. The molecule has 186 valence electrons. The average Bonchev–Trinajstić information content (AvgIpc) is 3.21. The molecular formula is C32H42N2O. The minimum atomic E-state index is 0.0946. The fourth-order valence-electron chi connectivity index (χ4n) is 6.80. The zero-order valence-corrected chi connectivity index (χ0v) is 21.4. The first-order valence-corrected chi connectivity index (χ1v) is 14.0. The summed E-state index contributed by atoms with van der Waals surface area (Å²) in [6.07, 6.45) is 14.8. The molecule has 3 heteroatoms. The molecule has 2 N–H and O–H groups in total. The highest BCUT2D eigenvalue weighted by Gasteiger charge is 2.27. The number of fused-ring (bicyclic) bond motifs is 1. The van der Waals surface area contributed by atoms with Crippen LogP contribution >= 0.6 is 0 Å². The molecule has 0 amide bonds. The van der Waals surface area contributed by atoms with E-state index in [1.165, 1.54) is 59.7 Å². The van der Waals surface area contributed by atoms with Crippen molar-refractivity contribution in [1.82, 2.24) is 4.57 Å². The summed E-state index contributed by atoms with van der Waals surface area (Å²) >= 11 is 0. The molecule has 1 aromatic heterocycles. The maximum absolute atomic E-state index is 13.5. The number of benzene rings is 2. The predicted octanol–water partition coefficient (Wildman–Crippen LogP) is 7.53. The fraction of sp³-hybridized carbons (Fsp3) is 0.531. The van der Waals surface area contributed by atoms with E-state index in [1.807, 2.05) is 0 Å². The van der Waals surface area contributed by atoms with Crippen molar-refractivity contribution in [3.63, 3.8) is 0 Å². The lowest BCUT2D eigenvalue weighted by molar-refractivity contribution is -0.120. The van der Waals surface area contributed by atoms with Crippen LogP contribution in [0.25, 0.3) is 10.9 Å². The number of nitrogens with zero attached hydrogens (tertiary/aromatic N) is 1. The second-order valence-electron chi connectivity index (χ2n) is 11.5. The van der Waals surface area contributed by atoms with E-state index in [-0.39, 0.29) is 12.0 Å². The minimum absolute atomic E-state index is 0.0946. The predicted molar refractivity (Wildman–Crippen MR) is 146 cm³/mol. The van der Waals surface area contributed by atoms with Gasteiger partial charge < -0.3 is 10.3 Å². The van der Waals surface area contributed by atoms with Gasteiger partial charge in [0.25, 0.3) is 0 Å². The van der Waals surface area contributed by atoms with Crippen LogP contribution in [-0.4, -0.2) is 16.4 Å². The summed E-state index contributed by atoms with van der Waals surface area (Å²) in [6.45, 7) is 3.24. The number of nitrogens with two attached hydrogens (primary N) is 1. The zero-order valence-electron chi connectivity index (χ0n) is 21.4. The lowest BCUT2D eigenvalue weighted by Gasteiger charge is -2.26. The Morgan fingerprint density at radius 1 is 0.971 bits per heavy atom. The number of aryl methyl sites for hydroxylation is 1. The van der Waals surface area contributed by atoms with Gasteiger partial charge in [0.2, 0.25) is 0 Å². The first-order valence-electron chi connectivity index (χ1n) is 14.0. The van der Waals surface area contributed by atoms with E-state index < -0.39 is 0 Å². The van der Waals surface area contributed by atoms with Crippen LogP contribution in [0.3, 0.4) is 0 Å². The molecule has 2 fully saturated rings. The van der Waals surface area contributed by atoms with E-state index in [2.05, 4.69) is 66.2 Å². The van der Waals surface area contributed by atoms with E-state index in [9.17, 15) is 4.79 Å². The largest absolute Gasteiger partial charge is 0.347 e. The average molecular weight is 471 g/mol. The SMILES string of the molecule is Cc1cccc(C(CC(=O)CC2CCCC(N)C2)c2cn(CC3CCCCC3)c3ccccc23)c1. The molecule has 3 nitrogen and oxygen atoms in total.